The number of carbonyl (C=O) groups excluding carboxylic acids is 1. The Bertz CT molecular complexity index is 707. The lowest BCUT2D eigenvalue weighted by molar-refractivity contribution is -0.147. The number of aliphatic carboxylic acids is 1. The van der Waals surface area contributed by atoms with E-state index in [2.05, 4.69) is 4.98 Å². The number of ether oxygens (including phenoxy) is 1. The molecule has 0 radical (unpaired) electrons. The Morgan fingerprint density at radius 3 is 2.90 bits per heavy atom. The first-order valence-corrected chi connectivity index (χ1v) is 6.78. The van der Waals surface area contributed by atoms with Crippen LogP contribution in [0.5, 0.6) is 0 Å². The molecule has 0 aliphatic carbocycles. The standard InChI is InChI=1S/C15H16N2O4/c1-9-13(10-4-2-3-5-11(10)16-9)14(18)17-6-7-21-8-12(17)15(19)20/h2-5,12,16H,6-8H2,1H3,(H,19,20). The maximum atomic E-state index is 12.8. The van der Waals surface area contributed by atoms with Gasteiger partial charge in [-0.15, -0.1) is 0 Å². The lowest BCUT2D eigenvalue weighted by Gasteiger charge is -2.32. The van der Waals surface area contributed by atoms with E-state index < -0.39 is 12.0 Å². The number of amides is 1. The second-order valence-electron chi connectivity index (χ2n) is 5.10. The van der Waals surface area contributed by atoms with Crippen LogP contribution in [0.25, 0.3) is 10.9 Å². The monoisotopic (exact) mass is 288 g/mol. The summed E-state index contributed by atoms with van der Waals surface area (Å²) in [4.78, 5) is 28.7. The zero-order valence-corrected chi connectivity index (χ0v) is 11.6. The van der Waals surface area contributed by atoms with Gasteiger partial charge in [0.05, 0.1) is 18.8 Å². The van der Waals surface area contributed by atoms with E-state index in [-0.39, 0.29) is 19.1 Å². The summed E-state index contributed by atoms with van der Waals surface area (Å²) in [5, 5.41) is 10.1. The van der Waals surface area contributed by atoms with Crippen LogP contribution in [-0.4, -0.2) is 52.7 Å². The summed E-state index contributed by atoms with van der Waals surface area (Å²) < 4.78 is 5.18. The fourth-order valence-corrected chi connectivity index (χ4v) is 2.75. The number of nitrogens with zero attached hydrogens (tertiary/aromatic N) is 1. The summed E-state index contributed by atoms with van der Waals surface area (Å²) in [6.07, 6.45) is 0. The minimum absolute atomic E-state index is 0.0302. The number of fused-ring (bicyclic) bond motifs is 1. The molecule has 1 aliphatic rings. The molecule has 2 aromatic rings. The molecular weight excluding hydrogens is 272 g/mol. The van der Waals surface area contributed by atoms with Crippen LogP contribution in [0, 0.1) is 6.92 Å². The van der Waals surface area contributed by atoms with Crippen molar-refractivity contribution in [2.24, 2.45) is 0 Å². The van der Waals surface area contributed by atoms with Crippen molar-refractivity contribution in [3.63, 3.8) is 0 Å². The van der Waals surface area contributed by atoms with Crippen LogP contribution >= 0.6 is 0 Å². The molecule has 0 spiro atoms. The molecule has 1 amide bonds. The summed E-state index contributed by atoms with van der Waals surface area (Å²) in [6, 6.07) is 6.58. The van der Waals surface area contributed by atoms with E-state index in [0.29, 0.717) is 12.2 Å². The Labute approximate surface area is 121 Å². The molecule has 6 heteroatoms. The Morgan fingerprint density at radius 2 is 2.14 bits per heavy atom. The quantitative estimate of drug-likeness (QED) is 0.875. The van der Waals surface area contributed by atoms with Gasteiger partial charge < -0.3 is 19.7 Å². The average molecular weight is 288 g/mol. The van der Waals surface area contributed by atoms with Gasteiger partial charge in [-0.3, -0.25) is 4.79 Å². The second kappa shape index (κ2) is 5.21. The molecule has 110 valence electrons. The van der Waals surface area contributed by atoms with E-state index >= 15 is 0 Å². The smallest absolute Gasteiger partial charge is 0.328 e. The Morgan fingerprint density at radius 1 is 1.38 bits per heavy atom. The highest BCUT2D eigenvalue weighted by Crippen LogP contribution is 2.24. The van der Waals surface area contributed by atoms with Gasteiger partial charge in [0.25, 0.3) is 5.91 Å². The molecule has 0 bridgehead atoms. The third kappa shape index (κ3) is 2.27. The molecule has 2 heterocycles. The number of morpholine rings is 1. The normalized spacial score (nSPS) is 18.9. The van der Waals surface area contributed by atoms with Crippen molar-refractivity contribution < 1.29 is 19.4 Å². The van der Waals surface area contributed by atoms with Crippen molar-refractivity contribution >= 4 is 22.8 Å². The Hall–Kier alpha value is -2.34. The van der Waals surface area contributed by atoms with Gasteiger partial charge in [-0.1, -0.05) is 18.2 Å². The lowest BCUT2D eigenvalue weighted by atomic mass is 10.1. The van der Waals surface area contributed by atoms with Crippen molar-refractivity contribution in [3.8, 4) is 0 Å². The molecule has 3 rings (SSSR count). The first-order chi connectivity index (χ1) is 10.1. The van der Waals surface area contributed by atoms with Crippen LogP contribution in [0.3, 0.4) is 0 Å². The molecule has 1 saturated heterocycles. The number of benzene rings is 1. The number of carbonyl (C=O) groups is 2. The predicted molar refractivity (Wildman–Crippen MR) is 76.3 cm³/mol. The van der Waals surface area contributed by atoms with E-state index in [1.54, 1.807) is 0 Å². The van der Waals surface area contributed by atoms with Crippen LogP contribution in [0.1, 0.15) is 16.1 Å². The number of rotatable bonds is 2. The Kier molecular flexibility index (Phi) is 3.39. The van der Waals surface area contributed by atoms with Gasteiger partial charge in [-0.25, -0.2) is 4.79 Å². The van der Waals surface area contributed by atoms with Crippen LogP contribution in [0.4, 0.5) is 0 Å². The number of nitrogens with one attached hydrogen (secondary N) is 1. The fraction of sp³-hybridized carbons (Fsp3) is 0.333. The van der Waals surface area contributed by atoms with Crippen LogP contribution in [0.2, 0.25) is 0 Å². The molecule has 1 atom stereocenters. The molecular formula is C15H16N2O4. The highest BCUT2D eigenvalue weighted by molar-refractivity contribution is 6.09. The first kappa shape index (κ1) is 13.6. The van der Waals surface area contributed by atoms with Crippen LogP contribution < -0.4 is 0 Å². The van der Waals surface area contributed by atoms with Gasteiger partial charge in [0, 0.05) is 23.1 Å². The van der Waals surface area contributed by atoms with E-state index in [0.717, 1.165) is 16.6 Å². The van der Waals surface area contributed by atoms with Crippen molar-refractivity contribution in [1.29, 1.82) is 0 Å². The van der Waals surface area contributed by atoms with Gasteiger partial charge in [-0.2, -0.15) is 0 Å². The number of carboxylic acid groups (broad SMARTS) is 1. The molecule has 1 fully saturated rings. The van der Waals surface area contributed by atoms with E-state index in [1.807, 2.05) is 31.2 Å². The zero-order valence-electron chi connectivity index (χ0n) is 11.6. The maximum Gasteiger partial charge on any atom is 0.328 e. The van der Waals surface area contributed by atoms with Gasteiger partial charge in [0.2, 0.25) is 0 Å². The molecule has 1 aromatic carbocycles. The summed E-state index contributed by atoms with van der Waals surface area (Å²) in [5.74, 6) is -1.30. The second-order valence-corrected chi connectivity index (χ2v) is 5.10. The number of aromatic amines is 1. The van der Waals surface area contributed by atoms with Crippen LogP contribution in [-0.2, 0) is 9.53 Å². The largest absolute Gasteiger partial charge is 0.480 e. The SMILES string of the molecule is Cc1[nH]c2ccccc2c1C(=O)N1CCOCC1C(=O)O. The minimum atomic E-state index is -1.04. The van der Waals surface area contributed by atoms with Crippen molar-refractivity contribution in [2.45, 2.75) is 13.0 Å². The number of aromatic nitrogens is 1. The van der Waals surface area contributed by atoms with Gasteiger partial charge in [-0.05, 0) is 13.0 Å². The summed E-state index contributed by atoms with van der Waals surface area (Å²) in [6.45, 7) is 2.50. The molecule has 0 saturated carbocycles. The predicted octanol–water partition coefficient (Wildman–Crippen LogP) is 1.40. The molecule has 2 N–H and O–H groups in total. The van der Waals surface area contributed by atoms with Crippen molar-refractivity contribution in [3.05, 3.63) is 35.5 Å². The number of carboxylic acids is 1. The van der Waals surface area contributed by atoms with Gasteiger partial charge in [0.1, 0.15) is 0 Å². The topological polar surface area (TPSA) is 82.6 Å². The summed E-state index contributed by atoms with van der Waals surface area (Å²) in [5.41, 5.74) is 2.16. The van der Waals surface area contributed by atoms with Crippen molar-refractivity contribution in [1.82, 2.24) is 9.88 Å². The number of hydrogen-bond acceptors (Lipinski definition) is 3. The number of hydrogen-bond donors (Lipinski definition) is 2. The first-order valence-electron chi connectivity index (χ1n) is 6.78. The molecule has 1 aromatic heterocycles. The van der Waals surface area contributed by atoms with Gasteiger partial charge in [0.15, 0.2) is 6.04 Å². The highest BCUT2D eigenvalue weighted by atomic mass is 16.5. The van der Waals surface area contributed by atoms with E-state index in [1.165, 1.54) is 4.90 Å². The Balaban J connectivity index is 2.03. The maximum absolute atomic E-state index is 12.8. The van der Waals surface area contributed by atoms with Gasteiger partial charge >= 0.3 is 5.97 Å². The number of aryl methyl sites for hydroxylation is 1. The van der Waals surface area contributed by atoms with Crippen molar-refractivity contribution in [2.75, 3.05) is 19.8 Å². The summed E-state index contributed by atoms with van der Waals surface area (Å²) in [7, 11) is 0. The highest BCUT2D eigenvalue weighted by Gasteiger charge is 2.34. The average Bonchev–Trinajstić information content (AvgIpc) is 2.82. The molecule has 6 nitrogen and oxygen atoms in total. The lowest BCUT2D eigenvalue weighted by Crippen LogP contribution is -2.52. The zero-order chi connectivity index (χ0) is 15.0. The molecule has 1 aliphatic heterocycles. The minimum Gasteiger partial charge on any atom is -0.480 e. The number of para-hydroxylation sites is 1. The van der Waals surface area contributed by atoms with E-state index in [4.69, 9.17) is 4.74 Å². The molecule has 21 heavy (non-hydrogen) atoms. The number of H-pyrrole nitrogens is 1. The fourth-order valence-electron chi connectivity index (χ4n) is 2.75. The van der Waals surface area contributed by atoms with Crippen LogP contribution in [0.15, 0.2) is 24.3 Å². The third-order valence-corrected chi connectivity index (χ3v) is 3.78. The molecule has 1 unspecified atom stereocenters. The summed E-state index contributed by atoms with van der Waals surface area (Å²) >= 11 is 0. The van der Waals surface area contributed by atoms with E-state index in [9.17, 15) is 14.7 Å². The third-order valence-electron chi connectivity index (χ3n) is 3.78.